The number of rotatable bonds is 2. The normalized spacial score (nSPS) is 13.2. The van der Waals surface area contributed by atoms with Gasteiger partial charge in [-0.2, -0.15) is 0 Å². The fraction of sp³-hybridized carbons (Fsp3) is 1.00. The molecule has 0 amide bonds. The zero-order valence-corrected chi connectivity index (χ0v) is 5.92. The summed E-state index contributed by atoms with van der Waals surface area (Å²) >= 11 is 0. The third-order valence-corrected chi connectivity index (χ3v) is 1.67. The summed E-state index contributed by atoms with van der Waals surface area (Å²) < 4.78 is -1.57. The van der Waals surface area contributed by atoms with Crippen LogP contribution in [0.15, 0.2) is 0 Å². The molecular weight excluding hydrogens is 319 g/mol. The van der Waals surface area contributed by atoms with Crippen molar-refractivity contribution in [3.05, 3.63) is 0 Å². The third-order valence-electron chi connectivity index (χ3n) is 0.252. The predicted molar refractivity (Wildman–Crippen MR) is 15.3 cm³/mol. The molecule has 0 bridgehead atoms. The number of hydrogen-bond acceptors (Lipinski definition) is 3. The molecular formula is C2H6CmO3. The van der Waals surface area contributed by atoms with Gasteiger partial charge in [-0.1, -0.05) is 0 Å². The van der Waals surface area contributed by atoms with Gasteiger partial charge in [-0.05, 0) is 0 Å². The van der Waals surface area contributed by atoms with Gasteiger partial charge in [-0.3, -0.25) is 0 Å². The molecule has 0 rings (SSSR count). The van der Waals surface area contributed by atoms with Crippen molar-refractivity contribution in [2.75, 3.05) is 6.61 Å². The molecule has 0 radical (unpaired) electrons. The van der Waals surface area contributed by atoms with E-state index in [0.717, 1.165) is 0 Å². The molecule has 0 spiro atoms. The Morgan fingerprint density at radius 1 is 1.67 bits per heavy atom. The average molecular weight is 325 g/mol. The quantitative estimate of drug-likeness (QED) is 0.567. The molecule has 40 valence electrons. The van der Waals surface area contributed by atoms with E-state index in [2.05, 4.69) is 0 Å². The van der Waals surface area contributed by atoms with Crippen LogP contribution in [0.5, 0.6) is 0 Å². The van der Waals surface area contributed by atoms with Crippen molar-refractivity contribution in [2.45, 2.75) is 6.61 Å². The first-order valence-electron chi connectivity index (χ1n) is 1.34. The Labute approximate surface area is 30.2 Å². The van der Waals surface area contributed by atoms with Gasteiger partial charge in [-0.25, -0.2) is 0 Å². The van der Waals surface area contributed by atoms with Crippen LogP contribution in [0.25, 0.3) is 0 Å². The Morgan fingerprint density at radius 2 is 2.17 bits per heavy atom. The van der Waals surface area contributed by atoms with Crippen LogP contribution >= 0.6 is 0 Å². The molecule has 0 aromatic carbocycles. The molecule has 1 atom stereocenters. The van der Waals surface area contributed by atoms with Crippen molar-refractivity contribution in [2.24, 2.45) is 0 Å². The topological polar surface area (TPSA) is 60.7 Å². The molecule has 0 aromatic rings. The van der Waals surface area contributed by atoms with Crippen LogP contribution < -0.4 is 0 Å². The van der Waals surface area contributed by atoms with Crippen molar-refractivity contribution < 1.29 is 15.7 Å². The van der Waals surface area contributed by atoms with Crippen molar-refractivity contribution in [1.82, 2.24) is 0 Å². The Bertz CT molecular complexity index is 28.0. The summed E-state index contributed by atoms with van der Waals surface area (Å²) in [4.78, 5) is 0. The Hall–Kier alpha value is -1.12. The summed E-state index contributed by atoms with van der Waals surface area (Å²) in [6.45, 7) is -1.08. The third kappa shape index (κ3) is 1.23. The molecule has 0 aliphatic heterocycles. The van der Waals surface area contributed by atoms with Gasteiger partial charge in [0.15, 0.2) is 0 Å². The standard InChI is InChI=1S/C2H5O2.Cm.H2O/c3-1-2-4;;/h1,3-4H,2H2;;1H2/q;+1;/p-1. The van der Waals surface area contributed by atoms with E-state index in [4.69, 9.17) is 15.7 Å². The molecule has 0 heterocycles. The second-order valence-corrected chi connectivity index (χ2v) is 3.41. The minimum atomic E-state index is -1.57. The van der Waals surface area contributed by atoms with E-state index >= 15 is 0 Å². The fourth-order valence-electron chi connectivity index (χ4n) is 0.0289. The maximum atomic E-state index is 8.24. The number of hydrogen-bond donors (Lipinski definition) is 3. The molecule has 0 saturated heterocycles. The van der Waals surface area contributed by atoms with Crippen molar-refractivity contribution >= 4 is 0 Å². The molecule has 4 heteroatoms. The predicted octanol–water partition coefficient (Wildman–Crippen LogP) is -1.71. The van der Waals surface area contributed by atoms with Gasteiger partial charge in [0, 0.05) is 0 Å². The Morgan fingerprint density at radius 3 is 2.17 bits per heavy atom. The van der Waals surface area contributed by atoms with E-state index in [1.165, 1.54) is 0 Å². The second kappa shape index (κ2) is 2.14. The molecule has 3 N–H and O–H groups in total. The molecule has 6 heavy (non-hydrogen) atoms. The first kappa shape index (κ1) is 4.88. The molecule has 1 unspecified atom stereocenters. The van der Waals surface area contributed by atoms with Crippen LogP contribution in [-0.2, 0) is 0 Å². The first-order chi connectivity index (χ1) is 2.81. The maximum absolute atomic E-state index is 8.24. The van der Waals surface area contributed by atoms with E-state index in [1.807, 2.05) is 0 Å². The summed E-state index contributed by atoms with van der Waals surface area (Å²) in [5.74, 6) is 0. The summed E-state index contributed by atoms with van der Waals surface area (Å²) in [7, 11) is 0. The molecule has 0 aromatic heterocycles. The summed E-state index contributed by atoms with van der Waals surface area (Å²) in [5, 5.41) is 16.2. The fourth-order valence-corrected chi connectivity index (χ4v) is 0.269. The summed E-state index contributed by atoms with van der Waals surface area (Å²) in [6, 6.07) is 0. The molecule has 3 nitrogen and oxygen atoms in total. The van der Waals surface area contributed by atoms with Gasteiger partial charge in [-0.15, -0.1) is 0 Å². The van der Waals surface area contributed by atoms with Gasteiger partial charge in [0.25, 0.3) is 0 Å². The number of aliphatic hydroxyl groups excluding tert-OH is 2. The first-order valence-corrected chi connectivity index (χ1v) is 4.36. The van der Waals surface area contributed by atoms with Crippen molar-refractivity contribution in [1.29, 1.82) is 0 Å². The summed E-state index contributed by atoms with van der Waals surface area (Å²) in [5.41, 5.74) is 8.09. The van der Waals surface area contributed by atoms with Gasteiger partial charge < -0.3 is 0 Å². The number of aliphatic hydroxyl groups is 2. The zero-order valence-electron chi connectivity index (χ0n) is 2.98. The van der Waals surface area contributed by atoms with E-state index in [9.17, 15) is 0 Å². The van der Waals surface area contributed by atoms with E-state index in [1.54, 1.807) is 0 Å². The van der Waals surface area contributed by atoms with Gasteiger partial charge in [0.2, 0.25) is 0 Å². The average Bonchev–Trinajstić information content (AvgIpc) is 1.65. The zero-order chi connectivity index (χ0) is 4.99. The van der Waals surface area contributed by atoms with Gasteiger partial charge >= 0.3 is 28.9 Å². The van der Waals surface area contributed by atoms with Crippen LogP contribution in [-0.4, -0.2) is 28.9 Å². The van der Waals surface area contributed by atoms with Crippen molar-refractivity contribution in [3.63, 3.8) is 0 Å². The van der Waals surface area contributed by atoms with Crippen molar-refractivity contribution in [3.8, 4) is 0 Å². The Balaban J connectivity index is 2.75. The van der Waals surface area contributed by atoms with Gasteiger partial charge in [0.05, 0.1) is 0 Å². The molecule has 0 fully saturated rings. The monoisotopic (exact) mass is 321 g/mol. The molecule has 0 aliphatic rings. The van der Waals surface area contributed by atoms with Crippen LogP contribution in [0.4, 0.5) is 0 Å². The van der Waals surface area contributed by atoms with E-state index in [0.29, 0.717) is 0 Å². The minimum absolute atomic E-state index is 0.290. The molecule has 0 aliphatic carbocycles. The Kier molecular flexibility index (Phi) is 1.74. The van der Waals surface area contributed by atoms with E-state index in [-0.39, 0.29) is 6.61 Å². The van der Waals surface area contributed by atoms with Crippen LogP contribution in [0.2, 0.25) is 0 Å². The SMILES string of the molecule is OC[CH](O)[Cm][OH]. The van der Waals surface area contributed by atoms with Crippen LogP contribution in [0, 0.1) is 0 Å². The van der Waals surface area contributed by atoms with E-state index < -0.39 is 6.61 Å². The second-order valence-electron chi connectivity index (χ2n) is 0.692. The van der Waals surface area contributed by atoms with Crippen LogP contribution in [0.3, 0.4) is 0 Å². The molecule has 0 saturated carbocycles. The van der Waals surface area contributed by atoms with Gasteiger partial charge in [0.1, 0.15) is 0 Å². The summed E-state index contributed by atoms with van der Waals surface area (Å²) in [6.07, 6.45) is 0. The van der Waals surface area contributed by atoms with Crippen LogP contribution in [0.1, 0.15) is 0 Å².